The van der Waals surface area contributed by atoms with Crippen molar-refractivity contribution in [3.8, 4) is 0 Å². The van der Waals surface area contributed by atoms with Gasteiger partial charge in [-0.05, 0) is 75.2 Å². The van der Waals surface area contributed by atoms with Crippen molar-refractivity contribution in [3.63, 3.8) is 0 Å². The summed E-state index contributed by atoms with van der Waals surface area (Å²) in [6, 6.07) is 0.339. The number of ether oxygens (including phenoxy) is 2. The SMILES string of the molecule is NC(CCC1CCCCO1)C1CCOC2(CCSCC2)C1. The first kappa shape index (κ1) is 16.1. The molecule has 3 aliphatic heterocycles. The molecule has 3 heterocycles. The average molecular weight is 314 g/mol. The number of rotatable bonds is 4. The highest BCUT2D eigenvalue weighted by Gasteiger charge is 2.40. The molecule has 0 bridgehead atoms. The van der Waals surface area contributed by atoms with E-state index in [1.165, 1.54) is 50.0 Å². The van der Waals surface area contributed by atoms with Gasteiger partial charge in [-0.2, -0.15) is 11.8 Å². The summed E-state index contributed by atoms with van der Waals surface area (Å²) in [7, 11) is 0. The molecule has 2 N–H and O–H groups in total. The van der Waals surface area contributed by atoms with E-state index in [0.717, 1.165) is 32.5 Å². The van der Waals surface area contributed by atoms with Crippen molar-refractivity contribution in [3.05, 3.63) is 0 Å². The molecule has 0 aromatic carbocycles. The van der Waals surface area contributed by atoms with E-state index in [1.807, 2.05) is 0 Å². The van der Waals surface area contributed by atoms with E-state index < -0.39 is 0 Å². The van der Waals surface area contributed by atoms with Gasteiger partial charge in [-0.1, -0.05) is 0 Å². The molecule has 0 aromatic heterocycles. The largest absolute Gasteiger partial charge is 0.378 e. The highest BCUT2D eigenvalue weighted by molar-refractivity contribution is 7.99. The van der Waals surface area contributed by atoms with Crippen molar-refractivity contribution < 1.29 is 9.47 Å². The van der Waals surface area contributed by atoms with Gasteiger partial charge < -0.3 is 15.2 Å². The summed E-state index contributed by atoms with van der Waals surface area (Å²) >= 11 is 2.07. The Bertz CT molecular complexity index is 308. The molecule has 3 nitrogen and oxygen atoms in total. The van der Waals surface area contributed by atoms with Crippen molar-refractivity contribution in [1.82, 2.24) is 0 Å². The zero-order valence-electron chi connectivity index (χ0n) is 13.2. The zero-order valence-corrected chi connectivity index (χ0v) is 14.0. The molecule has 3 atom stereocenters. The number of nitrogens with two attached hydrogens (primary N) is 1. The van der Waals surface area contributed by atoms with Crippen LogP contribution in [0.3, 0.4) is 0 Å². The third kappa shape index (κ3) is 4.37. The van der Waals surface area contributed by atoms with Crippen LogP contribution in [0.25, 0.3) is 0 Å². The van der Waals surface area contributed by atoms with Crippen LogP contribution in [0.5, 0.6) is 0 Å². The summed E-state index contributed by atoms with van der Waals surface area (Å²) in [5.41, 5.74) is 6.71. The van der Waals surface area contributed by atoms with Crippen LogP contribution in [0, 0.1) is 5.92 Å². The molecule has 0 aromatic rings. The lowest BCUT2D eigenvalue weighted by molar-refractivity contribution is -0.106. The molecule has 0 amide bonds. The van der Waals surface area contributed by atoms with Crippen LogP contribution in [0.1, 0.15) is 57.8 Å². The molecular weight excluding hydrogens is 282 g/mol. The molecule has 122 valence electrons. The van der Waals surface area contributed by atoms with E-state index in [9.17, 15) is 0 Å². The number of hydrogen-bond donors (Lipinski definition) is 1. The minimum absolute atomic E-state index is 0.174. The van der Waals surface area contributed by atoms with Gasteiger partial charge in [0.2, 0.25) is 0 Å². The van der Waals surface area contributed by atoms with E-state index in [4.69, 9.17) is 15.2 Å². The maximum atomic E-state index is 6.54. The standard InChI is InChI=1S/C17H31NO2S/c18-16(5-4-15-3-1-2-9-19-15)14-6-10-20-17(13-14)7-11-21-12-8-17/h14-16H,1-13,18H2. The van der Waals surface area contributed by atoms with E-state index in [-0.39, 0.29) is 5.60 Å². The van der Waals surface area contributed by atoms with Crippen molar-refractivity contribution in [1.29, 1.82) is 0 Å². The van der Waals surface area contributed by atoms with Gasteiger partial charge in [-0.15, -0.1) is 0 Å². The highest BCUT2D eigenvalue weighted by atomic mass is 32.2. The summed E-state index contributed by atoms with van der Waals surface area (Å²) in [6.07, 6.45) is 11.4. The summed E-state index contributed by atoms with van der Waals surface area (Å²) in [5.74, 6) is 3.18. The first-order valence-electron chi connectivity index (χ1n) is 8.86. The Balaban J connectivity index is 1.46. The van der Waals surface area contributed by atoms with Crippen molar-refractivity contribution in [2.75, 3.05) is 24.7 Å². The lowest BCUT2D eigenvalue weighted by Gasteiger charge is -2.45. The molecule has 3 fully saturated rings. The minimum Gasteiger partial charge on any atom is -0.378 e. The normalized spacial score (nSPS) is 34.7. The third-order valence-corrected chi connectivity index (χ3v) is 6.62. The minimum atomic E-state index is 0.174. The van der Waals surface area contributed by atoms with Crippen LogP contribution in [-0.4, -0.2) is 42.5 Å². The monoisotopic (exact) mass is 313 g/mol. The Hall–Kier alpha value is 0.230. The number of thioether (sulfide) groups is 1. The topological polar surface area (TPSA) is 44.5 Å². The second-order valence-corrected chi connectivity index (χ2v) is 8.35. The molecule has 21 heavy (non-hydrogen) atoms. The highest BCUT2D eigenvalue weighted by Crippen LogP contribution is 2.41. The van der Waals surface area contributed by atoms with Crippen LogP contribution in [0.2, 0.25) is 0 Å². The molecule has 0 radical (unpaired) electrons. The molecule has 1 spiro atoms. The van der Waals surface area contributed by atoms with Crippen LogP contribution in [0.15, 0.2) is 0 Å². The van der Waals surface area contributed by atoms with Gasteiger partial charge in [0.25, 0.3) is 0 Å². The fraction of sp³-hybridized carbons (Fsp3) is 1.00. The van der Waals surface area contributed by atoms with E-state index in [1.54, 1.807) is 0 Å². The van der Waals surface area contributed by atoms with Crippen molar-refractivity contribution >= 4 is 11.8 Å². The first-order valence-corrected chi connectivity index (χ1v) is 10.0. The summed E-state index contributed by atoms with van der Waals surface area (Å²) in [5, 5.41) is 0. The van der Waals surface area contributed by atoms with Gasteiger partial charge in [-0.3, -0.25) is 0 Å². The van der Waals surface area contributed by atoms with Gasteiger partial charge in [-0.25, -0.2) is 0 Å². The van der Waals surface area contributed by atoms with Gasteiger partial charge in [0.05, 0.1) is 11.7 Å². The van der Waals surface area contributed by atoms with Gasteiger partial charge in [0.1, 0.15) is 0 Å². The predicted octanol–water partition coefficient (Wildman–Crippen LogP) is 3.36. The second kappa shape index (κ2) is 7.67. The molecule has 3 saturated heterocycles. The summed E-state index contributed by atoms with van der Waals surface area (Å²) < 4.78 is 12.0. The third-order valence-electron chi connectivity index (χ3n) is 5.64. The summed E-state index contributed by atoms with van der Waals surface area (Å²) in [4.78, 5) is 0. The Kier molecular flexibility index (Phi) is 5.88. The fourth-order valence-corrected chi connectivity index (χ4v) is 5.41. The van der Waals surface area contributed by atoms with Gasteiger partial charge >= 0.3 is 0 Å². The lowest BCUT2D eigenvalue weighted by Crippen LogP contribution is -2.47. The van der Waals surface area contributed by atoms with Crippen LogP contribution in [-0.2, 0) is 9.47 Å². The Morgan fingerprint density at radius 2 is 2.00 bits per heavy atom. The fourth-order valence-electron chi connectivity index (χ4n) is 4.17. The lowest BCUT2D eigenvalue weighted by atomic mass is 9.77. The second-order valence-electron chi connectivity index (χ2n) is 7.13. The maximum Gasteiger partial charge on any atom is 0.0701 e. The predicted molar refractivity (Wildman–Crippen MR) is 88.8 cm³/mol. The van der Waals surface area contributed by atoms with Crippen molar-refractivity contribution in [2.24, 2.45) is 11.7 Å². The molecule has 0 saturated carbocycles. The summed E-state index contributed by atoms with van der Waals surface area (Å²) in [6.45, 7) is 1.88. The molecule has 4 heteroatoms. The smallest absolute Gasteiger partial charge is 0.0701 e. The van der Waals surface area contributed by atoms with Crippen molar-refractivity contribution in [2.45, 2.75) is 75.5 Å². The Morgan fingerprint density at radius 1 is 1.14 bits per heavy atom. The van der Waals surface area contributed by atoms with Gasteiger partial charge in [0, 0.05) is 19.3 Å². The molecule has 0 aliphatic carbocycles. The van der Waals surface area contributed by atoms with E-state index in [0.29, 0.717) is 18.1 Å². The van der Waals surface area contributed by atoms with Crippen LogP contribution < -0.4 is 5.73 Å². The zero-order chi connectivity index (χ0) is 14.5. The van der Waals surface area contributed by atoms with Gasteiger partial charge in [0.15, 0.2) is 0 Å². The number of hydrogen-bond acceptors (Lipinski definition) is 4. The average Bonchev–Trinajstić information content (AvgIpc) is 2.54. The molecule has 3 rings (SSSR count). The molecule has 3 aliphatic rings. The maximum absolute atomic E-state index is 6.54. The van der Waals surface area contributed by atoms with Crippen LogP contribution in [0.4, 0.5) is 0 Å². The molecular formula is C17H31NO2S. The van der Waals surface area contributed by atoms with E-state index >= 15 is 0 Å². The first-order chi connectivity index (χ1) is 10.3. The van der Waals surface area contributed by atoms with Crippen LogP contribution >= 0.6 is 11.8 Å². The molecule has 3 unspecified atom stereocenters. The Labute approximate surface area is 133 Å². The quantitative estimate of drug-likeness (QED) is 0.864. The Morgan fingerprint density at radius 3 is 2.76 bits per heavy atom. The van der Waals surface area contributed by atoms with E-state index in [2.05, 4.69) is 11.8 Å².